The molecule has 1 atom stereocenters. The number of thiophene rings is 1. The Kier molecular flexibility index (Phi) is 6.70. The van der Waals surface area contributed by atoms with Crippen LogP contribution in [-0.4, -0.2) is 48.4 Å². The minimum atomic E-state index is 0.0357. The van der Waals surface area contributed by atoms with Crippen molar-refractivity contribution in [2.75, 3.05) is 32.7 Å². The zero-order valence-electron chi connectivity index (χ0n) is 15.4. The standard InChI is InChI=1S/C20H26ClN3OS/c1-15-5-3-4-6-18(15)16(2)22-20(25)14-24-11-9-23(10-12-24)13-17-7-8-19(21)26-17/h3-8,16H,9-14H2,1-2H3,(H,22,25)/t16-/m1/s1. The van der Waals surface area contributed by atoms with Gasteiger partial charge in [0, 0.05) is 37.6 Å². The minimum absolute atomic E-state index is 0.0357. The number of nitrogens with one attached hydrogen (secondary N) is 1. The molecule has 1 N–H and O–H groups in total. The Morgan fingerprint density at radius 3 is 2.50 bits per heavy atom. The molecule has 1 aromatic heterocycles. The first kappa shape index (κ1) is 19.4. The quantitative estimate of drug-likeness (QED) is 0.815. The molecule has 0 spiro atoms. The molecule has 4 nitrogen and oxygen atoms in total. The molecule has 3 rings (SSSR count). The van der Waals surface area contributed by atoms with Gasteiger partial charge in [0.05, 0.1) is 16.9 Å². The third-order valence-corrected chi connectivity index (χ3v) is 6.09. The van der Waals surface area contributed by atoms with Crippen molar-refractivity contribution in [2.45, 2.75) is 26.4 Å². The molecule has 1 saturated heterocycles. The van der Waals surface area contributed by atoms with Crippen LogP contribution in [-0.2, 0) is 11.3 Å². The molecule has 0 bridgehead atoms. The van der Waals surface area contributed by atoms with Crippen LogP contribution in [0.1, 0.15) is 29.0 Å². The van der Waals surface area contributed by atoms with Gasteiger partial charge in [-0.2, -0.15) is 0 Å². The fraction of sp³-hybridized carbons (Fsp3) is 0.450. The molecule has 1 aromatic carbocycles. The first-order chi connectivity index (χ1) is 12.5. The van der Waals surface area contributed by atoms with E-state index in [0.29, 0.717) is 6.54 Å². The van der Waals surface area contributed by atoms with Crippen LogP contribution in [0, 0.1) is 6.92 Å². The van der Waals surface area contributed by atoms with Gasteiger partial charge in [-0.3, -0.25) is 14.6 Å². The molecule has 140 valence electrons. The van der Waals surface area contributed by atoms with Crippen LogP contribution < -0.4 is 5.32 Å². The van der Waals surface area contributed by atoms with Gasteiger partial charge < -0.3 is 5.32 Å². The highest BCUT2D eigenvalue weighted by molar-refractivity contribution is 7.16. The molecular weight excluding hydrogens is 366 g/mol. The molecule has 0 saturated carbocycles. The van der Waals surface area contributed by atoms with Crippen molar-refractivity contribution in [1.29, 1.82) is 0 Å². The highest BCUT2D eigenvalue weighted by atomic mass is 35.5. The molecule has 26 heavy (non-hydrogen) atoms. The van der Waals surface area contributed by atoms with Crippen molar-refractivity contribution in [3.8, 4) is 0 Å². The molecule has 1 fully saturated rings. The maximum absolute atomic E-state index is 12.4. The fourth-order valence-electron chi connectivity index (χ4n) is 3.40. The molecule has 1 aliphatic rings. The molecule has 1 aliphatic heterocycles. The Morgan fingerprint density at radius 1 is 1.15 bits per heavy atom. The Balaban J connectivity index is 1.42. The van der Waals surface area contributed by atoms with E-state index in [4.69, 9.17) is 11.6 Å². The number of benzene rings is 1. The molecular formula is C20H26ClN3OS. The first-order valence-corrected chi connectivity index (χ1v) is 10.2. The number of halogens is 1. The summed E-state index contributed by atoms with van der Waals surface area (Å²) in [6.07, 6.45) is 0. The highest BCUT2D eigenvalue weighted by Gasteiger charge is 2.20. The van der Waals surface area contributed by atoms with E-state index >= 15 is 0 Å². The topological polar surface area (TPSA) is 35.6 Å². The number of piperazine rings is 1. The molecule has 2 heterocycles. The molecule has 0 radical (unpaired) electrons. The van der Waals surface area contributed by atoms with Gasteiger partial charge in [-0.1, -0.05) is 35.9 Å². The van der Waals surface area contributed by atoms with Crippen LogP contribution in [0.2, 0.25) is 4.34 Å². The lowest BCUT2D eigenvalue weighted by Crippen LogP contribution is -2.49. The number of hydrogen-bond acceptors (Lipinski definition) is 4. The van der Waals surface area contributed by atoms with Gasteiger partial charge in [-0.15, -0.1) is 11.3 Å². The van der Waals surface area contributed by atoms with Crippen LogP contribution in [0.15, 0.2) is 36.4 Å². The Hall–Kier alpha value is -1.40. The Morgan fingerprint density at radius 2 is 1.85 bits per heavy atom. The summed E-state index contributed by atoms with van der Waals surface area (Å²) in [7, 11) is 0. The predicted molar refractivity (Wildman–Crippen MR) is 109 cm³/mol. The summed E-state index contributed by atoms with van der Waals surface area (Å²) in [5.41, 5.74) is 2.39. The molecule has 0 unspecified atom stereocenters. The summed E-state index contributed by atoms with van der Waals surface area (Å²) in [5, 5.41) is 3.13. The van der Waals surface area contributed by atoms with Gasteiger partial charge >= 0.3 is 0 Å². The van der Waals surface area contributed by atoms with Crippen LogP contribution in [0.4, 0.5) is 0 Å². The van der Waals surface area contributed by atoms with Crippen LogP contribution >= 0.6 is 22.9 Å². The zero-order chi connectivity index (χ0) is 18.5. The van der Waals surface area contributed by atoms with E-state index in [2.05, 4.69) is 40.2 Å². The largest absolute Gasteiger partial charge is 0.348 e. The Bertz CT molecular complexity index is 740. The third-order valence-electron chi connectivity index (χ3n) is 4.87. The van der Waals surface area contributed by atoms with Gasteiger partial charge in [0.2, 0.25) is 5.91 Å². The zero-order valence-corrected chi connectivity index (χ0v) is 16.9. The van der Waals surface area contributed by atoms with E-state index in [1.807, 2.05) is 25.1 Å². The van der Waals surface area contributed by atoms with E-state index in [1.54, 1.807) is 11.3 Å². The average Bonchev–Trinajstić information content (AvgIpc) is 3.01. The number of carbonyl (C=O) groups is 1. The second kappa shape index (κ2) is 9.00. The molecule has 2 aromatic rings. The summed E-state index contributed by atoms with van der Waals surface area (Å²) in [4.78, 5) is 18.4. The van der Waals surface area contributed by atoms with Gasteiger partial charge in [0.25, 0.3) is 0 Å². The second-order valence-electron chi connectivity index (χ2n) is 6.90. The smallest absolute Gasteiger partial charge is 0.234 e. The first-order valence-electron chi connectivity index (χ1n) is 9.05. The normalized spacial score (nSPS) is 17.2. The van der Waals surface area contributed by atoms with Gasteiger partial charge in [-0.05, 0) is 37.1 Å². The molecule has 1 amide bonds. The van der Waals surface area contributed by atoms with Crippen molar-refractivity contribution in [2.24, 2.45) is 0 Å². The SMILES string of the molecule is Cc1ccccc1[C@@H](C)NC(=O)CN1CCN(Cc2ccc(Cl)s2)CC1. The van der Waals surface area contributed by atoms with Crippen molar-refractivity contribution >= 4 is 28.8 Å². The number of rotatable bonds is 6. The lowest BCUT2D eigenvalue weighted by Gasteiger charge is -2.34. The van der Waals surface area contributed by atoms with Crippen LogP contribution in [0.25, 0.3) is 0 Å². The van der Waals surface area contributed by atoms with Gasteiger partial charge in [0.1, 0.15) is 0 Å². The van der Waals surface area contributed by atoms with Crippen molar-refractivity contribution in [1.82, 2.24) is 15.1 Å². The predicted octanol–water partition coefficient (Wildman–Crippen LogP) is 3.70. The van der Waals surface area contributed by atoms with Crippen molar-refractivity contribution < 1.29 is 4.79 Å². The molecule has 6 heteroatoms. The number of hydrogen-bond donors (Lipinski definition) is 1. The van der Waals surface area contributed by atoms with Gasteiger partial charge in [0.15, 0.2) is 0 Å². The van der Waals surface area contributed by atoms with Crippen LogP contribution in [0.5, 0.6) is 0 Å². The summed E-state index contributed by atoms with van der Waals surface area (Å²) in [5.74, 6) is 0.0965. The number of nitrogens with zero attached hydrogens (tertiary/aromatic N) is 2. The Labute approximate surface area is 164 Å². The van der Waals surface area contributed by atoms with E-state index in [0.717, 1.165) is 37.1 Å². The van der Waals surface area contributed by atoms with Crippen molar-refractivity contribution in [3.05, 3.63) is 56.7 Å². The fourth-order valence-corrected chi connectivity index (χ4v) is 4.53. The third kappa shape index (κ3) is 5.30. The maximum atomic E-state index is 12.4. The van der Waals surface area contributed by atoms with E-state index in [-0.39, 0.29) is 11.9 Å². The van der Waals surface area contributed by atoms with E-state index in [9.17, 15) is 4.79 Å². The summed E-state index contributed by atoms with van der Waals surface area (Å²) < 4.78 is 0.845. The summed E-state index contributed by atoms with van der Waals surface area (Å²) in [6.45, 7) is 9.35. The number of amides is 1. The van der Waals surface area contributed by atoms with Gasteiger partial charge in [-0.25, -0.2) is 0 Å². The second-order valence-corrected chi connectivity index (χ2v) is 8.70. The van der Waals surface area contributed by atoms with E-state index in [1.165, 1.54) is 16.0 Å². The number of carbonyl (C=O) groups excluding carboxylic acids is 1. The van der Waals surface area contributed by atoms with Crippen LogP contribution in [0.3, 0.4) is 0 Å². The minimum Gasteiger partial charge on any atom is -0.348 e. The maximum Gasteiger partial charge on any atom is 0.234 e. The summed E-state index contributed by atoms with van der Waals surface area (Å²) >= 11 is 7.65. The van der Waals surface area contributed by atoms with E-state index < -0.39 is 0 Å². The lowest BCUT2D eigenvalue weighted by atomic mass is 10.0. The van der Waals surface area contributed by atoms with Crippen molar-refractivity contribution in [3.63, 3.8) is 0 Å². The molecule has 0 aliphatic carbocycles. The highest BCUT2D eigenvalue weighted by Crippen LogP contribution is 2.23. The summed E-state index contributed by atoms with van der Waals surface area (Å²) in [6, 6.07) is 12.3. The average molecular weight is 392 g/mol. The monoisotopic (exact) mass is 391 g/mol. The lowest BCUT2D eigenvalue weighted by molar-refractivity contribution is -0.123. The number of aryl methyl sites for hydroxylation is 1.